The Morgan fingerprint density at radius 1 is 0.952 bits per heavy atom. The molecule has 0 heterocycles. The van der Waals surface area contributed by atoms with Gasteiger partial charge in [-0.2, -0.15) is 13.2 Å². The highest BCUT2D eigenvalue weighted by atomic mass is 19.4. The Morgan fingerprint density at radius 2 is 1.48 bits per heavy atom. The molecule has 2 nitrogen and oxygen atoms in total. The topological polar surface area (TPSA) is 29.1 Å². The number of nitrogens with one attached hydrogen (secondary N) is 1. The molecule has 0 radical (unpaired) electrons. The van der Waals surface area contributed by atoms with Crippen LogP contribution in [0.15, 0.2) is 42.5 Å². The zero-order valence-electron chi connectivity index (χ0n) is 11.6. The van der Waals surface area contributed by atoms with Crippen molar-refractivity contribution < 1.29 is 18.0 Å². The Bertz CT molecular complexity index is 640. The van der Waals surface area contributed by atoms with E-state index in [9.17, 15) is 18.0 Å². The van der Waals surface area contributed by atoms with Gasteiger partial charge in [-0.1, -0.05) is 17.2 Å². The summed E-state index contributed by atoms with van der Waals surface area (Å²) in [7, 11) is 0. The molecule has 2 aromatic rings. The largest absolute Gasteiger partial charge is 0.416 e. The molecule has 21 heavy (non-hydrogen) atoms. The van der Waals surface area contributed by atoms with Crippen LogP contribution in [0.3, 0.4) is 0 Å². The first-order valence-electron chi connectivity index (χ1n) is 6.32. The third-order valence-electron chi connectivity index (χ3n) is 2.95. The summed E-state index contributed by atoms with van der Waals surface area (Å²) in [6, 6.07) is 9.76. The second-order valence-electron chi connectivity index (χ2n) is 4.91. The fourth-order valence-electron chi connectivity index (χ4n) is 2.05. The van der Waals surface area contributed by atoms with E-state index in [1.165, 1.54) is 12.1 Å². The van der Waals surface area contributed by atoms with Crippen LogP contribution in [0.25, 0.3) is 0 Å². The zero-order chi connectivity index (χ0) is 15.6. The van der Waals surface area contributed by atoms with Crippen LogP contribution in [-0.2, 0) is 6.18 Å². The number of hydrogen-bond donors (Lipinski definition) is 1. The molecule has 1 N–H and O–H groups in total. The molecular weight excluding hydrogens is 279 g/mol. The maximum absolute atomic E-state index is 12.4. The number of aryl methyl sites for hydroxylation is 2. The van der Waals surface area contributed by atoms with E-state index in [1.54, 1.807) is 12.1 Å². The molecule has 0 saturated carbocycles. The summed E-state index contributed by atoms with van der Waals surface area (Å²) in [6.45, 7) is 3.75. The van der Waals surface area contributed by atoms with Crippen LogP contribution in [0.4, 0.5) is 18.9 Å². The molecule has 0 aromatic heterocycles. The molecule has 110 valence electrons. The predicted octanol–water partition coefficient (Wildman–Crippen LogP) is 4.57. The smallest absolute Gasteiger partial charge is 0.322 e. The molecule has 0 unspecified atom stereocenters. The van der Waals surface area contributed by atoms with E-state index >= 15 is 0 Å². The number of carbonyl (C=O) groups excluding carboxylic acids is 1. The van der Waals surface area contributed by atoms with Crippen LogP contribution in [0, 0.1) is 13.8 Å². The number of alkyl halides is 3. The summed E-state index contributed by atoms with van der Waals surface area (Å²) < 4.78 is 37.3. The Hall–Kier alpha value is -2.30. The normalized spacial score (nSPS) is 11.3. The second-order valence-corrected chi connectivity index (χ2v) is 4.91. The highest BCUT2D eigenvalue weighted by molar-refractivity contribution is 6.04. The lowest BCUT2D eigenvalue weighted by Crippen LogP contribution is -2.12. The molecule has 0 fully saturated rings. The van der Waals surface area contributed by atoms with Crippen LogP contribution in [0.1, 0.15) is 27.0 Å². The average Bonchev–Trinajstić information content (AvgIpc) is 2.37. The third-order valence-corrected chi connectivity index (χ3v) is 2.95. The molecule has 2 rings (SSSR count). The minimum atomic E-state index is -4.38. The quantitative estimate of drug-likeness (QED) is 0.863. The van der Waals surface area contributed by atoms with Gasteiger partial charge >= 0.3 is 6.18 Å². The molecule has 5 heteroatoms. The maximum atomic E-state index is 12.4. The Kier molecular flexibility index (Phi) is 4.02. The van der Waals surface area contributed by atoms with Crippen LogP contribution in [-0.4, -0.2) is 5.91 Å². The van der Waals surface area contributed by atoms with Crippen molar-refractivity contribution in [2.75, 3.05) is 5.32 Å². The van der Waals surface area contributed by atoms with E-state index in [4.69, 9.17) is 0 Å². The number of hydrogen-bond acceptors (Lipinski definition) is 1. The van der Waals surface area contributed by atoms with Gasteiger partial charge in [0.1, 0.15) is 0 Å². The molecule has 0 aliphatic heterocycles. The van der Waals surface area contributed by atoms with Crippen molar-refractivity contribution in [3.63, 3.8) is 0 Å². The highest BCUT2D eigenvalue weighted by Crippen LogP contribution is 2.29. The first-order valence-corrected chi connectivity index (χ1v) is 6.32. The molecule has 0 aliphatic carbocycles. The van der Waals surface area contributed by atoms with Gasteiger partial charge in [0.15, 0.2) is 0 Å². The standard InChI is InChI=1S/C16H14F3NO/c1-10-7-11(2)9-12(8-10)15(21)20-14-5-3-13(4-6-14)16(17,18)19/h3-9H,1-2H3,(H,20,21). The second kappa shape index (κ2) is 5.60. The summed E-state index contributed by atoms with van der Waals surface area (Å²) >= 11 is 0. The first kappa shape index (κ1) is 15.1. The molecule has 1 amide bonds. The number of benzene rings is 2. The lowest BCUT2D eigenvalue weighted by atomic mass is 10.1. The maximum Gasteiger partial charge on any atom is 0.416 e. The van der Waals surface area contributed by atoms with Gasteiger partial charge in [0.2, 0.25) is 0 Å². The van der Waals surface area contributed by atoms with Crippen molar-refractivity contribution in [3.05, 3.63) is 64.7 Å². The Labute approximate surface area is 120 Å². The fourth-order valence-corrected chi connectivity index (χ4v) is 2.05. The first-order chi connectivity index (χ1) is 9.75. The number of anilines is 1. The van der Waals surface area contributed by atoms with Gasteiger partial charge in [-0.3, -0.25) is 4.79 Å². The summed E-state index contributed by atoms with van der Waals surface area (Å²) in [5.41, 5.74) is 1.96. The van der Waals surface area contributed by atoms with Crippen LogP contribution in [0.2, 0.25) is 0 Å². The van der Waals surface area contributed by atoms with Crippen molar-refractivity contribution in [2.45, 2.75) is 20.0 Å². The van der Waals surface area contributed by atoms with E-state index in [0.717, 1.165) is 23.3 Å². The number of rotatable bonds is 2. The Morgan fingerprint density at radius 3 is 1.95 bits per heavy atom. The minimum absolute atomic E-state index is 0.326. The van der Waals surface area contributed by atoms with Gasteiger partial charge < -0.3 is 5.32 Å². The lowest BCUT2D eigenvalue weighted by molar-refractivity contribution is -0.137. The number of amides is 1. The summed E-state index contributed by atoms with van der Waals surface area (Å²) in [4.78, 5) is 12.1. The zero-order valence-corrected chi connectivity index (χ0v) is 11.6. The SMILES string of the molecule is Cc1cc(C)cc(C(=O)Nc2ccc(C(F)(F)F)cc2)c1. The fraction of sp³-hybridized carbons (Fsp3) is 0.188. The summed E-state index contributed by atoms with van der Waals surface area (Å²) in [6.07, 6.45) is -4.38. The van der Waals surface area contributed by atoms with Crippen molar-refractivity contribution in [2.24, 2.45) is 0 Å². The number of halogens is 3. The molecule has 2 aromatic carbocycles. The molecule has 0 atom stereocenters. The number of carbonyl (C=O) groups is 1. The van der Waals surface area contributed by atoms with Crippen molar-refractivity contribution in [3.8, 4) is 0 Å². The molecule has 0 spiro atoms. The average molecular weight is 293 g/mol. The Balaban J connectivity index is 2.16. The van der Waals surface area contributed by atoms with E-state index < -0.39 is 11.7 Å². The monoisotopic (exact) mass is 293 g/mol. The predicted molar refractivity (Wildman–Crippen MR) is 75.3 cm³/mol. The lowest BCUT2D eigenvalue weighted by Gasteiger charge is -2.09. The van der Waals surface area contributed by atoms with E-state index in [1.807, 2.05) is 19.9 Å². The van der Waals surface area contributed by atoms with Gasteiger partial charge in [0.25, 0.3) is 5.91 Å². The third kappa shape index (κ3) is 3.84. The van der Waals surface area contributed by atoms with Gasteiger partial charge in [-0.05, 0) is 50.2 Å². The molecule has 0 saturated heterocycles. The van der Waals surface area contributed by atoms with Gasteiger partial charge in [-0.25, -0.2) is 0 Å². The summed E-state index contributed by atoms with van der Waals surface area (Å²) in [5, 5.41) is 2.59. The molecule has 0 bridgehead atoms. The summed E-state index contributed by atoms with van der Waals surface area (Å²) in [5.74, 6) is -0.346. The van der Waals surface area contributed by atoms with E-state index in [2.05, 4.69) is 5.32 Å². The van der Waals surface area contributed by atoms with Crippen LogP contribution >= 0.6 is 0 Å². The minimum Gasteiger partial charge on any atom is -0.322 e. The van der Waals surface area contributed by atoms with Crippen LogP contribution in [0.5, 0.6) is 0 Å². The van der Waals surface area contributed by atoms with Crippen molar-refractivity contribution >= 4 is 11.6 Å². The van der Waals surface area contributed by atoms with Crippen LogP contribution < -0.4 is 5.32 Å². The van der Waals surface area contributed by atoms with Gasteiger partial charge in [0.05, 0.1) is 5.56 Å². The molecular formula is C16H14F3NO. The van der Waals surface area contributed by atoms with E-state index in [-0.39, 0.29) is 5.91 Å². The highest BCUT2D eigenvalue weighted by Gasteiger charge is 2.29. The van der Waals surface area contributed by atoms with Gasteiger partial charge in [0, 0.05) is 11.3 Å². The van der Waals surface area contributed by atoms with E-state index in [0.29, 0.717) is 11.3 Å². The van der Waals surface area contributed by atoms with Gasteiger partial charge in [-0.15, -0.1) is 0 Å². The molecule has 0 aliphatic rings. The van der Waals surface area contributed by atoms with Crippen molar-refractivity contribution in [1.29, 1.82) is 0 Å². The van der Waals surface area contributed by atoms with Crippen molar-refractivity contribution in [1.82, 2.24) is 0 Å².